The molecule has 1 saturated heterocycles. The Kier molecular flexibility index (Phi) is 5.15. The van der Waals surface area contributed by atoms with Gasteiger partial charge in [-0.25, -0.2) is 4.98 Å². The summed E-state index contributed by atoms with van der Waals surface area (Å²) in [4.78, 5) is 19.4. The lowest BCUT2D eigenvalue weighted by Gasteiger charge is -2.36. The van der Waals surface area contributed by atoms with Crippen LogP contribution in [0.2, 0.25) is 0 Å². The van der Waals surface area contributed by atoms with Gasteiger partial charge in [0.15, 0.2) is 0 Å². The molecule has 27 heavy (non-hydrogen) atoms. The van der Waals surface area contributed by atoms with Crippen molar-refractivity contribution in [3.05, 3.63) is 90.1 Å². The molecule has 1 aliphatic rings. The molecule has 0 saturated carbocycles. The molecule has 4 nitrogen and oxygen atoms in total. The highest BCUT2D eigenvalue weighted by atomic mass is 16.5. The quantitative estimate of drug-likeness (QED) is 0.640. The number of amides is 1. The third-order valence-electron chi connectivity index (χ3n) is 4.89. The maximum Gasteiger partial charge on any atom is 0.254 e. The Morgan fingerprint density at radius 2 is 1.67 bits per heavy atom. The molecule has 2 aromatic carbocycles. The summed E-state index contributed by atoms with van der Waals surface area (Å²) in [7, 11) is 0. The van der Waals surface area contributed by atoms with E-state index < -0.39 is 0 Å². The van der Waals surface area contributed by atoms with Crippen LogP contribution in [0.25, 0.3) is 0 Å². The van der Waals surface area contributed by atoms with Crippen LogP contribution in [-0.2, 0) is 0 Å². The standard InChI is InChI=1S/C23H22N2O2/c26-23(18-9-3-1-4-10-18)25-16-8-7-13-21(25)19-14-15-22(24-17-19)27-20-11-5-2-6-12-20/h1-6,9-12,14-15,17,21H,7-8,13,16H2/t21-/m0/s1. The number of pyridine rings is 1. The van der Waals surface area contributed by atoms with Gasteiger partial charge in [0.05, 0.1) is 6.04 Å². The van der Waals surface area contributed by atoms with Gasteiger partial charge in [-0.05, 0) is 49.1 Å². The van der Waals surface area contributed by atoms with Gasteiger partial charge in [0.1, 0.15) is 5.75 Å². The predicted octanol–water partition coefficient (Wildman–Crippen LogP) is 5.24. The summed E-state index contributed by atoms with van der Waals surface area (Å²) in [5.41, 5.74) is 1.79. The van der Waals surface area contributed by atoms with Crippen LogP contribution in [0.15, 0.2) is 79.0 Å². The highest BCUT2D eigenvalue weighted by Crippen LogP contribution is 2.32. The number of ether oxygens (including phenoxy) is 1. The Hall–Kier alpha value is -3.14. The van der Waals surface area contributed by atoms with Crippen molar-refractivity contribution in [2.45, 2.75) is 25.3 Å². The number of hydrogen-bond acceptors (Lipinski definition) is 3. The Labute approximate surface area is 159 Å². The van der Waals surface area contributed by atoms with Gasteiger partial charge in [-0.15, -0.1) is 0 Å². The molecule has 4 heteroatoms. The van der Waals surface area contributed by atoms with Crippen molar-refractivity contribution in [1.29, 1.82) is 0 Å². The predicted molar refractivity (Wildman–Crippen MR) is 105 cm³/mol. The number of benzene rings is 2. The summed E-state index contributed by atoms with van der Waals surface area (Å²) in [5, 5.41) is 0. The first-order valence-electron chi connectivity index (χ1n) is 9.36. The molecular formula is C23H22N2O2. The molecule has 0 bridgehead atoms. The molecule has 1 amide bonds. The van der Waals surface area contributed by atoms with Crippen molar-refractivity contribution in [2.24, 2.45) is 0 Å². The van der Waals surface area contributed by atoms with Crippen molar-refractivity contribution in [3.63, 3.8) is 0 Å². The van der Waals surface area contributed by atoms with Crippen LogP contribution >= 0.6 is 0 Å². The number of carbonyl (C=O) groups is 1. The number of piperidine rings is 1. The van der Waals surface area contributed by atoms with E-state index >= 15 is 0 Å². The number of para-hydroxylation sites is 1. The van der Waals surface area contributed by atoms with E-state index in [1.54, 1.807) is 0 Å². The van der Waals surface area contributed by atoms with E-state index in [-0.39, 0.29) is 11.9 Å². The number of aromatic nitrogens is 1. The zero-order valence-electron chi connectivity index (χ0n) is 15.1. The van der Waals surface area contributed by atoms with Crippen LogP contribution in [-0.4, -0.2) is 22.3 Å². The molecule has 3 aromatic rings. The normalized spacial score (nSPS) is 16.7. The monoisotopic (exact) mass is 358 g/mol. The topological polar surface area (TPSA) is 42.4 Å². The van der Waals surface area contributed by atoms with Crippen LogP contribution in [0.5, 0.6) is 11.6 Å². The van der Waals surface area contributed by atoms with Crippen molar-refractivity contribution in [2.75, 3.05) is 6.54 Å². The zero-order valence-corrected chi connectivity index (χ0v) is 15.1. The second-order valence-electron chi connectivity index (χ2n) is 6.72. The lowest BCUT2D eigenvalue weighted by Crippen LogP contribution is -2.38. The number of rotatable bonds is 4. The highest BCUT2D eigenvalue weighted by molar-refractivity contribution is 5.94. The fourth-order valence-electron chi connectivity index (χ4n) is 3.53. The van der Waals surface area contributed by atoms with E-state index in [1.807, 2.05) is 83.9 Å². The Morgan fingerprint density at radius 3 is 2.37 bits per heavy atom. The van der Waals surface area contributed by atoms with E-state index in [0.717, 1.165) is 42.7 Å². The van der Waals surface area contributed by atoms with Crippen LogP contribution < -0.4 is 4.74 Å². The summed E-state index contributed by atoms with van der Waals surface area (Å²) in [6.45, 7) is 0.778. The average molecular weight is 358 g/mol. The molecule has 0 N–H and O–H groups in total. The van der Waals surface area contributed by atoms with Crippen LogP contribution in [0.4, 0.5) is 0 Å². The van der Waals surface area contributed by atoms with Gasteiger partial charge >= 0.3 is 0 Å². The SMILES string of the molecule is O=C(c1ccccc1)N1CCCC[C@H]1c1ccc(Oc2ccccc2)nc1. The van der Waals surface area contributed by atoms with Crippen molar-refractivity contribution >= 4 is 5.91 Å². The first-order valence-corrected chi connectivity index (χ1v) is 9.36. The van der Waals surface area contributed by atoms with E-state index in [2.05, 4.69) is 4.98 Å². The fraction of sp³-hybridized carbons (Fsp3) is 0.217. The molecular weight excluding hydrogens is 336 g/mol. The molecule has 1 aromatic heterocycles. The lowest BCUT2D eigenvalue weighted by molar-refractivity contribution is 0.0611. The van der Waals surface area contributed by atoms with Crippen molar-refractivity contribution in [3.8, 4) is 11.6 Å². The Balaban J connectivity index is 1.52. The molecule has 0 spiro atoms. The Morgan fingerprint density at radius 1 is 0.926 bits per heavy atom. The first-order chi connectivity index (χ1) is 13.3. The van der Waals surface area contributed by atoms with E-state index in [1.165, 1.54) is 0 Å². The number of hydrogen-bond donors (Lipinski definition) is 0. The maximum atomic E-state index is 13.0. The summed E-state index contributed by atoms with van der Waals surface area (Å²) >= 11 is 0. The van der Waals surface area contributed by atoms with Gasteiger partial charge in [-0.3, -0.25) is 4.79 Å². The van der Waals surface area contributed by atoms with Crippen LogP contribution in [0, 0.1) is 0 Å². The molecule has 0 radical (unpaired) electrons. The maximum absolute atomic E-state index is 13.0. The van der Waals surface area contributed by atoms with E-state index in [4.69, 9.17) is 4.74 Å². The van der Waals surface area contributed by atoms with Gasteiger partial charge in [0, 0.05) is 24.4 Å². The highest BCUT2D eigenvalue weighted by Gasteiger charge is 2.28. The molecule has 1 fully saturated rings. The van der Waals surface area contributed by atoms with Gasteiger partial charge in [-0.2, -0.15) is 0 Å². The molecule has 136 valence electrons. The minimum absolute atomic E-state index is 0.0599. The number of carbonyl (C=O) groups excluding carboxylic acids is 1. The number of likely N-dealkylation sites (tertiary alicyclic amines) is 1. The minimum atomic E-state index is 0.0599. The molecule has 1 aliphatic heterocycles. The summed E-state index contributed by atoms with van der Waals surface area (Å²) in [5.74, 6) is 1.41. The fourth-order valence-corrected chi connectivity index (χ4v) is 3.53. The summed E-state index contributed by atoms with van der Waals surface area (Å²) < 4.78 is 5.77. The van der Waals surface area contributed by atoms with Gasteiger partial charge in [0.25, 0.3) is 5.91 Å². The Bertz CT molecular complexity index is 879. The molecule has 0 aliphatic carbocycles. The smallest absolute Gasteiger partial charge is 0.254 e. The lowest BCUT2D eigenvalue weighted by atomic mass is 9.95. The number of nitrogens with zero attached hydrogens (tertiary/aromatic N) is 2. The molecule has 4 rings (SSSR count). The summed E-state index contributed by atoms with van der Waals surface area (Å²) in [6.07, 6.45) is 4.95. The van der Waals surface area contributed by atoms with Gasteiger partial charge < -0.3 is 9.64 Å². The first kappa shape index (κ1) is 17.3. The largest absolute Gasteiger partial charge is 0.439 e. The molecule has 1 atom stereocenters. The molecule has 0 unspecified atom stereocenters. The average Bonchev–Trinajstić information content (AvgIpc) is 2.75. The van der Waals surface area contributed by atoms with Crippen molar-refractivity contribution < 1.29 is 9.53 Å². The second-order valence-corrected chi connectivity index (χ2v) is 6.72. The third-order valence-corrected chi connectivity index (χ3v) is 4.89. The van der Waals surface area contributed by atoms with E-state index in [0.29, 0.717) is 5.88 Å². The summed E-state index contributed by atoms with van der Waals surface area (Å²) in [6, 6.07) is 23.1. The van der Waals surface area contributed by atoms with Crippen molar-refractivity contribution in [1.82, 2.24) is 9.88 Å². The second kappa shape index (κ2) is 8.04. The van der Waals surface area contributed by atoms with Gasteiger partial charge in [-0.1, -0.05) is 42.5 Å². The third kappa shape index (κ3) is 4.00. The van der Waals surface area contributed by atoms with Gasteiger partial charge in [0.2, 0.25) is 5.88 Å². The van der Waals surface area contributed by atoms with Crippen LogP contribution in [0.3, 0.4) is 0 Å². The minimum Gasteiger partial charge on any atom is -0.439 e. The van der Waals surface area contributed by atoms with E-state index in [9.17, 15) is 4.79 Å². The van der Waals surface area contributed by atoms with Crippen LogP contribution in [0.1, 0.15) is 41.2 Å². The zero-order chi connectivity index (χ0) is 18.5. The molecule has 2 heterocycles.